The highest BCUT2D eigenvalue weighted by atomic mass is 32.2. The second-order valence-corrected chi connectivity index (χ2v) is 8.41. The van der Waals surface area contributed by atoms with Crippen LogP contribution in [0.1, 0.15) is 6.42 Å². The van der Waals surface area contributed by atoms with Gasteiger partial charge in [-0.3, -0.25) is 0 Å². The molecule has 1 aromatic heterocycles. The topological polar surface area (TPSA) is 46.2 Å². The van der Waals surface area contributed by atoms with Crippen LogP contribution in [0.5, 0.6) is 0 Å². The number of thiophene rings is 1. The Hall–Kier alpha value is -0.0400. The van der Waals surface area contributed by atoms with Crippen LogP contribution in [-0.4, -0.2) is 38.3 Å². The molecule has 6 heteroatoms. The molecular formula is C10H15NO2S3. The summed E-state index contributed by atoms with van der Waals surface area (Å²) in [4.78, 5) is 0. The van der Waals surface area contributed by atoms with E-state index < -0.39 is 9.84 Å². The van der Waals surface area contributed by atoms with E-state index in [1.807, 2.05) is 17.8 Å². The van der Waals surface area contributed by atoms with Gasteiger partial charge in [0.15, 0.2) is 9.84 Å². The highest BCUT2D eigenvalue weighted by Gasteiger charge is 2.26. The third-order valence-electron chi connectivity index (χ3n) is 2.51. The van der Waals surface area contributed by atoms with Crippen LogP contribution >= 0.6 is 23.1 Å². The van der Waals surface area contributed by atoms with Gasteiger partial charge in [0.05, 0.1) is 15.7 Å². The smallest absolute Gasteiger partial charge is 0.151 e. The lowest BCUT2D eigenvalue weighted by Crippen LogP contribution is -2.31. The Morgan fingerprint density at radius 1 is 1.56 bits per heavy atom. The zero-order valence-corrected chi connectivity index (χ0v) is 11.3. The fraction of sp³-hybridized carbons (Fsp3) is 0.600. The van der Waals surface area contributed by atoms with Gasteiger partial charge >= 0.3 is 0 Å². The lowest BCUT2D eigenvalue weighted by atomic mass is 10.3. The average molecular weight is 277 g/mol. The molecule has 16 heavy (non-hydrogen) atoms. The molecule has 90 valence electrons. The molecule has 0 radical (unpaired) electrons. The zero-order chi connectivity index (χ0) is 11.4. The number of hydrogen-bond donors (Lipinski definition) is 1. The monoisotopic (exact) mass is 277 g/mol. The minimum atomic E-state index is -2.74. The van der Waals surface area contributed by atoms with Crippen molar-refractivity contribution in [3.05, 3.63) is 17.5 Å². The molecule has 0 amide bonds. The molecule has 1 saturated heterocycles. The maximum absolute atomic E-state index is 11.2. The summed E-state index contributed by atoms with van der Waals surface area (Å²) in [6.07, 6.45) is 0.770. The van der Waals surface area contributed by atoms with Gasteiger partial charge in [0.25, 0.3) is 0 Å². The molecule has 2 rings (SSSR count). The minimum Gasteiger partial charge on any atom is -0.312 e. The van der Waals surface area contributed by atoms with E-state index in [0.717, 1.165) is 18.7 Å². The molecule has 1 N–H and O–H groups in total. The van der Waals surface area contributed by atoms with E-state index >= 15 is 0 Å². The van der Waals surface area contributed by atoms with Gasteiger partial charge in [-0.15, -0.1) is 23.1 Å². The first-order chi connectivity index (χ1) is 7.66. The van der Waals surface area contributed by atoms with Crippen molar-refractivity contribution in [2.24, 2.45) is 0 Å². The summed E-state index contributed by atoms with van der Waals surface area (Å²) < 4.78 is 23.8. The summed E-state index contributed by atoms with van der Waals surface area (Å²) in [5.41, 5.74) is 0. The van der Waals surface area contributed by atoms with Crippen molar-refractivity contribution in [3.63, 3.8) is 0 Å². The van der Waals surface area contributed by atoms with E-state index in [1.165, 1.54) is 4.21 Å². The standard InChI is InChI=1S/C10H15NO2S3/c12-16(13)7-3-9(8-16)11-4-6-15-10-2-1-5-14-10/h1-2,5,9,11H,3-4,6-8H2. The van der Waals surface area contributed by atoms with Crippen LogP contribution in [0, 0.1) is 0 Å². The predicted molar refractivity (Wildman–Crippen MR) is 70.1 cm³/mol. The Kier molecular flexibility index (Phi) is 4.29. The molecule has 1 aliphatic heterocycles. The van der Waals surface area contributed by atoms with E-state index in [9.17, 15) is 8.42 Å². The molecule has 0 saturated carbocycles. The number of sulfone groups is 1. The van der Waals surface area contributed by atoms with Crippen LogP contribution in [0.3, 0.4) is 0 Å². The summed E-state index contributed by atoms with van der Waals surface area (Å²) in [6, 6.07) is 4.33. The maximum atomic E-state index is 11.2. The van der Waals surface area contributed by atoms with Gasteiger partial charge in [-0.1, -0.05) is 6.07 Å². The van der Waals surface area contributed by atoms with Crippen LogP contribution in [-0.2, 0) is 9.84 Å². The van der Waals surface area contributed by atoms with Crippen LogP contribution in [0.25, 0.3) is 0 Å². The molecule has 1 unspecified atom stereocenters. The molecule has 1 fully saturated rings. The highest BCUT2D eigenvalue weighted by molar-refractivity contribution is 8.01. The van der Waals surface area contributed by atoms with E-state index in [1.54, 1.807) is 11.3 Å². The molecule has 0 spiro atoms. The Bertz CT molecular complexity index is 413. The third kappa shape index (κ3) is 3.76. The summed E-state index contributed by atoms with van der Waals surface area (Å²) in [6.45, 7) is 0.878. The third-order valence-corrected chi connectivity index (χ3v) is 6.41. The zero-order valence-electron chi connectivity index (χ0n) is 8.89. The van der Waals surface area contributed by atoms with E-state index in [2.05, 4.69) is 16.8 Å². The predicted octanol–water partition coefficient (Wildman–Crippen LogP) is 1.62. The van der Waals surface area contributed by atoms with E-state index in [4.69, 9.17) is 0 Å². The van der Waals surface area contributed by atoms with Gasteiger partial charge < -0.3 is 5.32 Å². The normalized spacial score (nSPS) is 23.6. The second kappa shape index (κ2) is 5.53. The summed E-state index contributed by atoms with van der Waals surface area (Å²) >= 11 is 3.56. The summed E-state index contributed by atoms with van der Waals surface area (Å²) in [5.74, 6) is 1.66. The maximum Gasteiger partial charge on any atom is 0.151 e. The fourth-order valence-electron chi connectivity index (χ4n) is 1.72. The minimum absolute atomic E-state index is 0.175. The Labute approximate surface area is 105 Å². The van der Waals surface area contributed by atoms with Gasteiger partial charge in [-0.25, -0.2) is 8.42 Å². The molecular weight excluding hydrogens is 262 g/mol. The molecule has 2 heterocycles. The quantitative estimate of drug-likeness (QED) is 0.656. The number of rotatable bonds is 5. The molecule has 3 nitrogen and oxygen atoms in total. The largest absolute Gasteiger partial charge is 0.312 e. The first-order valence-corrected chi connectivity index (χ1v) is 8.94. The van der Waals surface area contributed by atoms with Crippen molar-refractivity contribution in [2.75, 3.05) is 23.8 Å². The molecule has 0 aromatic carbocycles. The second-order valence-electron chi connectivity index (χ2n) is 3.83. The molecule has 1 aromatic rings. The SMILES string of the molecule is O=S1(=O)CCC(NCCSc2cccs2)C1. The first kappa shape index (κ1) is 12.4. The average Bonchev–Trinajstić information content (AvgIpc) is 2.82. The summed E-state index contributed by atoms with van der Waals surface area (Å²) in [7, 11) is -2.74. The molecule has 0 aliphatic carbocycles. The fourth-order valence-corrected chi connectivity index (χ4v) is 5.16. The van der Waals surface area contributed by atoms with Crippen molar-refractivity contribution in [3.8, 4) is 0 Å². The number of thioether (sulfide) groups is 1. The van der Waals surface area contributed by atoms with Crippen LogP contribution < -0.4 is 5.32 Å². The first-order valence-electron chi connectivity index (χ1n) is 5.26. The molecule has 1 aliphatic rings. The van der Waals surface area contributed by atoms with E-state index in [0.29, 0.717) is 11.5 Å². The van der Waals surface area contributed by atoms with Crippen LogP contribution in [0.4, 0.5) is 0 Å². The van der Waals surface area contributed by atoms with Gasteiger partial charge in [0.1, 0.15) is 0 Å². The van der Waals surface area contributed by atoms with Crippen LogP contribution in [0.2, 0.25) is 0 Å². The molecule has 1 atom stereocenters. The summed E-state index contributed by atoms with van der Waals surface area (Å²) in [5, 5.41) is 5.37. The molecule has 0 bridgehead atoms. The van der Waals surface area contributed by atoms with Gasteiger partial charge in [0.2, 0.25) is 0 Å². The highest BCUT2D eigenvalue weighted by Crippen LogP contribution is 2.22. The van der Waals surface area contributed by atoms with E-state index in [-0.39, 0.29) is 6.04 Å². The lowest BCUT2D eigenvalue weighted by molar-refractivity contribution is 0.575. The van der Waals surface area contributed by atoms with Crippen molar-refractivity contribution < 1.29 is 8.42 Å². The lowest BCUT2D eigenvalue weighted by Gasteiger charge is -2.09. The number of hydrogen-bond acceptors (Lipinski definition) is 5. The van der Waals surface area contributed by atoms with Crippen molar-refractivity contribution in [1.29, 1.82) is 0 Å². The van der Waals surface area contributed by atoms with Crippen molar-refractivity contribution >= 4 is 32.9 Å². The Morgan fingerprint density at radius 3 is 3.06 bits per heavy atom. The van der Waals surface area contributed by atoms with Gasteiger partial charge in [-0.2, -0.15) is 0 Å². The van der Waals surface area contributed by atoms with Crippen LogP contribution in [0.15, 0.2) is 21.7 Å². The van der Waals surface area contributed by atoms with Gasteiger partial charge in [-0.05, 0) is 17.9 Å². The Balaban J connectivity index is 1.62. The van der Waals surface area contributed by atoms with Crippen molar-refractivity contribution in [1.82, 2.24) is 5.32 Å². The van der Waals surface area contributed by atoms with Crippen molar-refractivity contribution in [2.45, 2.75) is 16.7 Å². The van der Waals surface area contributed by atoms with Gasteiger partial charge in [0, 0.05) is 18.3 Å². The Morgan fingerprint density at radius 2 is 2.44 bits per heavy atom. The number of nitrogens with one attached hydrogen (secondary N) is 1.